The van der Waals surface area contributed by atoms with Gasteiger partial charge in [-0.25, -0.2) is 0 Å². The van der Waals surface area contributed by atoms with E-state index in [-0.39, 0.29) is 11.8 Å². The molecule has 26 heavy (non-hydrogen) atoms. The largest absolute Gasteiger partial charge is 0.349 e. The molecule has 5 heteroatoms. The molecule has 1 N–H and O–H groups in total. The first-order valence-electron chi connectivity index (χ1n) is 8.60. The number of carbonyl (C=O) groups excluding carboxylic acids is 2. The summed E-state index contributed by atoms with van der Waals surface area (Å²) in [5.41, 5.74) is 2.41. The van der Waals surface area contributed by atoms with Crippen molar-refractivity contribution in [2.75, 3.05) is 7.05 Å². The Bertz CT molecular complexity index is 826. The van der Waals surface area contributed by atoms with Gasteiger partial charge in [0.25, 0.3) is 5.91 Å². The molecule has 0 spiro atoms. The van der Waals surface area contributed by atoms with Gasteiger partial charge >= 0.3 is 0 Å². The van der Waals surface area contributed by atoms with E-state index in [1.54, 1.807) is 30.2 Å². The van der Waals surface area contributed by atoms with E-state index in [0.717, 1.165) is 24.0 Å². The fraction of sp³-hybridized carbons (Fsp3) is 0.238. The van der Waals surface area contributed by atoms with Crippen molar-refractivity contribution in [3.8, 4) is 0 Å². The zero-order chi connectivity index (χ0) is 18.5. The molecule has 0 saturated heterocycles. The van der Waals surface area contributed by atoms with Gasteiger partial charge in [-0.2, -0.15) is 0 Å². The molecule has 1 aliphatic carbocycles. The molecule has 0 radical (unpaired) electrons. The average molecular weight is 369 g/mol. The summed E-state index contributed by atoms with van der Waals surface area (Å²) in [6.45, 7) is 0.448. The van der Waals surface area contributed by atoms with Crippen molar-refractivity contribution >= 4 is 29.5 Å². The van der Waals surface area contributed by atoms with E-state index in [4.69, 9.17) is 11.6 Å². The molecule has 0 aliphatic heterocycles. The Labute approximate surface area is 158 Å². The zero-order valence-corrected chi connectivity index (χ0v) is 15.4. The SMILES string of the molecule is CN(Cc1ccccc1Cl)C(=O)/C=C/c1ccc(C(=O)NC2CC2)cc1. The summed E-state index contributed by atoms with van der Waals surface area (Å²) in [5, 5.41) is 3.60. The predicted molar refractivity (Wildman–Crippen MR) is 104 cm³/mol. The Balaban J connectivity index is 1.57. The van der Waals surface area contributed by atoms with Gasteiger partial charge in [-0.15, -0.1) is 0 Å². The third kappa shape index (κ3) is 4.96. The van der Waals surface area contributed by atoms with Crippen LogP contribution in [0.3, 0.4) is 0 Å². The molecule has 1 fully saturated rings. The lowest BCUT2D eigenvalue weighted by Crippen LogP contribution is -2.25. The minimum Gasteiger partial charge on any atom is -0.349 e. The number of likely N-dealkylation sites (N-methyl/N-ethyl adjacent to an activating group) is 1. The van der Waals surface area contributed by atoms with Gasteiger partial charge in [0.1, 0.15) is 0 Å². The molecular formula is C21H21ClN2O2. The van der Waals surface area contributed by atoms with Crippen molar-refractivity contribution in [2.45, 2.75) is 25.4 Å². The fourth-order valence-electron chi connectivity index (χ4n) is 2.50. The van der Waals surface area contributed by atoms with Gasteiger partial charge in [-0.05, 0) is 48.2 Å². The number of rotatable bonds is 6. The van der Waals surface area contributed by atoms with Crippen LogP contribution in [0.4, 0.5) is 0 Å². The first-order valence-corrected chi connectivity index (χ1v) is 8.98. The first-order chi connectivity index (χ1) is 12.5. The molecule has 0 aromatic heterocycles. The Morgan fingerprint density at radius 2 is 1.85 bits per heavy atom. The van der Waals surface area contributed by atoms with Crippen LogP contribution in [-0.2, 0) is 11.3 Å². The van der Waals surface area contributed by atoms with Crippen molar-refractivity contribution in [1.29, 1.82) is 0 Å². The van der Waals surface area contributed by atoms with Crippen LogP contribution in [0, 0.1) is 0 Å². The van der Waals surface area contributed by atoms with E-state index in [1.165, 1.54) is 6.08 Å². The van der Waals surface area contributed by atoms with Crippen LogP contribution < -0.4 is 5.32 Å². The third-order valence-electron chi connectivity index (χ3n) is 4.25. The third-order valence-corrected chi connectivity index (χ3v) is 4.61. The standard InChI is InChI=1S/C21H21ClN2O2/c1-24(14-17-4-2-3-5-19(17)22)20(25)13-8-15-6-9-16(10-7-15)21(26)23-18-11-12-18/h2-10,13,18H,11-12,14H2,1H3,(H,23,26)/b13-8+. The number of halogens is 1. The fourth-order valence-corrected chi connectivity index (χ4v) is 2.69. The summed E-state index contributed by atoms with van der Waals surface area (Å²) in [6.07, 6.45) is 5.40. The van der Waals surface area contributed by atoms with Gasteiger partial charge in [-0.1, -0.05) is 41.9 Å². The van der Waals surface area contributed by atoms with Crippen LogP contribution in [0.25, 0.3) is 6.08 Å². The lowest BCUT2D eigenvalue weighted by atomic mass is 10.1. The van der Waals surface area contributed by atoms with Gasteiger partial charge in [0.15, 0.2) is 0 Å². The molecule has 0 unspecified atom stereocenters. The minimum atomic E-state index is -0.111. The van der Waals surface area contributed by atoms with E-state index in [0.29, 0.717) is 23.2 Å². The molecule has 2 amide bonds. The molecule has 3 rings (SSSR count). The average Bonchev–Trinajstić information content (AvgIpc) is 3.46. The second-order valence-corrected chi connectivity index (χ2v) is 6.90. The van der Waals surface area contributed by atoms with E-state index < -0.39 is 0 Å². The summed E-state index contributed by atoms with van der Waals surface area (Å²) in [4.78, 5) is 25.8. The second kappa shape index (κ2) is 8.19. The van der Waals surface area contributed by atoms with E-state index in [2.05, 4.69) is 5.32 Å². The van der Waals surface area contributed by atoms with Crippen molar-refractivity contribution < 1.29 is 9.59 Å². The predicted octanol–water partition coefficient (Wildman–Crippen LogP) is 3.90. The number of nitrogens with zero attached hydrogens (tertiary/aromatic N) is 1. The summed E-state index contributed by atoms with van der Waals surface area (Å²) < 4.78 is 0. The minimum absolute atomic E-state index is 0.0430. The van der Waals surface area contributed by atoms with Crippen molar-refractivity contribution in [1.82, 2.24) is 10.2 Å². The molecule has 2 aromatic rings. The summed E-state index contributed by atoms with van der Waals surface area (Å²) in [6, 6.07) is 15.0. The monoisotopic (exact) mass is 368 g/mol. The Morgan fingerprint density at radius 3 is 2.50 bits per heavy atom. The highest BCUT2D eigenvalue weighted by Crippen LogP contribution is 2.19. The van der Waals surface area contributed by atoms with Crippen LogP contribution in [-0.4, -0.2) is 29.8 Å². The van der Waals surface area contributed by atoms with Crippen molar-refractivity contribution in [3.63, 3.8) is 0 Å². The van der Waals surface area contributed by atoms with Crippen LogP contribution in [0.1, 0.15) is 34.3 Å². The Hall–Kier alpha value is -2.59. The number of hydrogen-bond donors (Lipinski definition) is 1. The topological polar surface area (TPSA) is 49.4 Å². The number of nitrogens with one attached hydrogen (secondary N) is 1. The first kappa shape index (κ1) is 18.2. The maximum Gasteiger partial charge on any atom is 0.251 e. The normalized spacial score (nSPS) is 13.6. The molecule has 0 heterocycles. The molecule has 1 aliphatic rings. The van der Waals surface area contributed by atoms with E-state index >= 15 is 0 Å². The highest BCUT2D eigenvalue weighted by atomic mass is 35.5. The Kier molecular flexibility index (Phi) is 5.74. The van der Waals surface area contributed by atoms with Crippen LogP contribution in [0.5, 0.6) is 0 Å². The lowest BCUT2D eigenvalue weighted by Gasteiger charge is -2.16. The van der Waals surface area contributed by atoms with Crippen molar-refractivity contribution in [2.24, 2.45) is 0 Å². The quantitative estimate of drug-likeness (QED) is 0.786. The highest BCUT2D eigenvalue weighted by Gasteiger charge is 2.23. The highest BCUT2D eigenvalue weighted by molar-refractivity contribution is 6.31. The Morgan fingerprint density at radius 1 is 1.15 bits per heavy atom. The second-order valence-electron chi connectivity index (χ2n) is 6.49. The van der Waals surface area contributed by atoms with Gasteiger partial charge in [0.2, 0.25) is 5.91 Å². The molecule has 1 saturated carbocycles. The number of amides is 2. The van der Waals surface area contributed by atoms with Crippen LogP contribution in [0.2, 0.25) is 5.02 Å². The summed E-state index contributed by atoms with van der Waals surface area (Å²) in [5.74, 6) is -0.154. The number of hydrogen-bond acceptors (Lipinski definition) is 2. The molecule has 2 aromatic carbocycles. The number of carbonyl (C=O) groups is 2. The summed E-state index contributed by atoms with van der Waals surface area (Å²) >= 11 is 6.13. The lowest BCUT2D eigenvalue weighted by molar-refractivity contribution is -0.125. The van der Waals surface area contributed by atoms with Gasteiger partial charge in [0.05, 0.1) is 0 Å². The van der Waals surface area contributed by atoms with Crippen LogP contribution >= 0.6 is 11.6 Å². The van der Waals surface area contributed by atoms with E-state index in [9.17, 15) is 9.59 Å². The van der Waals surface area contributed by atoms with E-state index in [1.807, 2.05) is 36.4 Å². The maximum absolute atomic E-state index is 12.3. The summed E-state index contributed by atoms with van der Waals surface area (Å²) in [7, 11) is 1.74. The molecule has 4 nitrogen and oxygen atoms in total. The van der Waals surface area contributed by atoms with Crippen LogP contribution in [0.15, 0.2) is 54.6 Å². The van der Waals surface area contributed by atoms with Gasteiger partial charge in [0, 0.05) is 36.3 Å². The van der Waals surface area contributed by atoms with Crippen molar-refractivity contribution in [3.05, 3.63) is 76.3 Å². The molecule has 134 valence electrons. The molecular weight excluding hydrogens is 348 g/mol. The smallest absolute Gasteiger partial charge is 0.251 e. The number of benzene rings is 2. The van der Waals surface area contributed by atoms with Gasteiger partial charge < -0.3 is 10.2 Å². The zero-order valence-electron chi connectivity index (χ0n) is 14.6. The maximum atomic E-state index is 12.3. The molecule has 0 atom stereocenters. The molecule has 0 bridgehead atoms. The van der Waals surface area contributed by atoms with Gasteiger partial charge in [-0.3, -0.25) is 9.59 Å².